The van der Waals surface area contributed by atoms with Gasteiger partial charge in [0.2, 0.25) is 0 Å². The summed E-state index contributed by atoms with van der Waals surface area (Å²) in [7, 11) is -4.15. The molecule has 23 heavy (non-hydrogen) atoms. The number of aliphatic hydroxyl groups excluding tert-OH is 1. The summed E-state index contributed by atoms with van der Waals surface area (Å²) in [5.41, 5.74) is 0. The molecule has 0 aliphatic carbocycles. The SMILES string of the molecule is CCCCCCCCCCCCCC(C(O)CCC)S(=O)(=O)O. The Morgan fingerprint density at radius 1 is 0.696 bits per heavy atom. The molecule has 0 aliphatic heterocycles. The van der Waals surface area contributed by atoms with E-state index in [-0.39, 0.29) is 0 Å². The van der Waals surface area contributed by atoms with Gasteiger partial charge in [-0.05, 0) is 12.8 Å². The molecule has 2 atom stereocenters. The van der Waals surface area contributed by atoms with Crippen LogP contribution >= 0.6 is 0 Å². The Labute approximate surface area is 143 Å². The molecule has 2 unspecified atom stereocenters. The lowest BCUT2D eigenvalue weighted by atomic mass is 10.0. The van der Waals surface area contributed by atoms with Gasteiger partial charge in [-0.3, -0.25) is 4.55 Å². The van der Waals surface area contributed by atoms with Gasteiger partial charge in [0, 0.05) is 0 Å². The third-order valence-electron chi connectivity index (χ3n) is 4.49. The summed E-state index contributed by atoms with van der Waals surface area (Å²) >= 11 is 0. The van der Waals surface area contributed by atoms with Gasteiger partial charge in [0.1, 0.15) is 5.25 Å². The first-order chi connectivity index (χ1) is 10.9. The molecule has 0 radical (unpaired) electrons. The van der Waals surface area contributed by atoms with Gasteiger partial charge in [-0.25, -0.2) is 0 Å². The summed E-state index contributed by atoms with van der Waals surface area (Å²) in [6.45, 7) is 4.13. The zero-order chi connectivity index (χ0) is 17.6. The van der Waals surface area contributed by atoms with Crippen LogP contribution in [0.3, 0.4) is 0 Å². The molecular weight excluding hydrogens is 312 g/mol. The molecule has 5 heteroatoms. The first-order valence-corrected chi connectivity index (χ1v) is 11.1. The van der Waals surface area contributed by atoms with Crippen molar-refractivity contribution < 1.29 is 18.1 Å². The molecule has 0 aromatic carbocycles. The van der Waals surface area contributed by atoms with Crippen LogP contribution in [0.5, 0.6) is 0 Å². The molecule has 0 spiro atoms. The zero-order valence-corrected chi connectivity index (χ0v) is 16.0. The number of hydrogen-bond donors (Lipinski definition) is 2. The maximum atomic E-state index is 11.4. The van der Waals surface area contributed by atoms with Crippen LogP contribution in [0.4, 0.5) is 0 Å². The Kier molecular flexibility index (Phi) is 14.2. The van der Waals surface area contributed by atoms with E-state index in [0.29, 0.717) is 19.3 Å². The number of rotatable bonds is 16. The lowest BCUT2D eigenvalue weighted by molar-refractivity contribution is 0.149. The minimum Gasteiger partial charge on any atom is -0.392 e. The van der Waals surface area contributed by atoms with Crippen LogP contribution in [0.1, 0.15) is 104 Å². The smallest absolute Gasteiger partial charge is 0.270 e. The summed E-state index contributed by atoms with van der Waals surface area (Å²) in [6, 6.07) is 0. The summed E-state index contributed by atoms with van der Waals surface area (Å²) < 4.78 is 32.0. The molecule has 0 aliphatic rings. The summed E-state index contributed by atoms with van der Waals surface area (Å²) in [5.74, 6) is 0. The molecule has 4 nitrogen and oxygen atoms in total. The number of aliphatic hydroxyl groups is 1. The van der Waals surface area contributed by atoms with E-state index in [1.165, 1.54) is 51.4 Å². The molecule has 2 N–H and O–H groups in total. The largest absolute Gasteiger partial charge is 0.392 e. The number of hydrogen-bond acceptors (Lipinski definition) is 3. The topological polar surface area (TPSA) is 74.6 Å². The van der Waals surface area contributed by atoms with Crippen LogP contribution in [0.15, 0.2) is 0 Å². The van der Waals surface area contributed by atoms with Crippen molar-refractivity contribution in [3.63, 3.8) is 0 Å². The Hall–Kier alpha value is -0.130. The predicted molar refractivity (Wildman–Crippen MR) is 97.3 cm³/mol. The molecule has 0 saturated carbocycles. The fraction of sp³-hybridized carbons (Fsp3) is 1.00. The van der Waals surface area contributed by atoms with Crippen molar-refractivity contribution in [3.8, 4) is 0 Å². The fourth-order valence-corrected chi connectivity index (χ4v) is 4.03. The number of unbranched alkanes of at least 4 members (excludes halogenated alkanes) is 10. The van der Waals surface area contributed by atoms with Gasteiger partial charge in [0.15, 0.2) is 0 Å². The first kappa shape index (κ1) is 22.9. The van der Waals surface area contributed by atoms with Gasteiger partial charge in [0.05, 0.1) is 6.10 Å². The normalized spacial score (nSPS) is 14.8. The van der Waals surface area contributed by atoms with Crippen molar-refractivity contribution >= 4 is 10.1 Å². The Morgan fingerprint density at radius 2 is 1.13 bits per heavy atom. The maximum absolute atomic E-state index is 11.4. The minimum absolute atomic E-state index is 0.358. The standard InChI is InChI=1S/C18H38O4S/c1-3-5-6-7-8-9-10-11-12-13-14-16-18(23(20,21)22)17(19)15-4-2/h17-19H,3-16H2,1-2H3,(H,20,21,22). The average Bonchev–Trinajstić information content (AvgIpc) is 2.47. The van der Waals surface area contributed by atoms with E-state index in [1.54, 1.807) is 0 Å². The monoisotopic (exact) mass is 350 g/mol. The van der Waals surface area contributed by atoms with Crippen molar-refractivity contribution in [1.29, 1.82) is 0 Å². The van der Waals surface area contributed by atoms with Crippen molar-refractivity contribution in [2.75, 3.05) is 0 Å². The lowest BCUT2D eigenvalue weighted by Crippen LogP contribution is -2.33. The summed E-state index contributed by atoms with van der Waals surface area (Å²) in [4.78, 5) is 0. The second-order valence-corrected chi connectivity index (χ2v) is 8.37. The van der Waals surface area contributed by atoms with Crippen molar-refractivity contribution in [1.82, 2.24) is 0 Å². The predicted octanol–water partition coefficient (Wildman–Crippen LogP) is 5.10. The second kappa shape index (κ2) is 14.2. The van der Waals surface area contributed by atoms with Gasteiger partial charge in [0.25, 0.3) is 10.1 Å². The van der Waals surface area contributed by atoms with Gasteiger partial charge >= 0.3 is 0 Å². The van der Waals surface area contributed by atoms with Crippen LogP contribution in [-0.2, 0) is 10.1 Å². The highest BCUT2D eigenvalue weighted by Gasteiger charge is 2.29. The Balaban J connectivity index is 3.67. The molecule has 0 rings (SSSR count). The quantitative estimate of drug-likeness (QED) is 0.300. The maximum Gasteiger partial charge on any atom is 0.270 e. The highest BCUT2D eigenvalue weighted by Crippen LogP contribution is 2.19. The van der Waals surface area contributed by atoms with E-state index >= 15 is 0 Å². The van der Waals surface area contributed by atoms with Gasteiger partial charge in [-0.2, -0.15) is 8.42 Å². The van der Waals surface area contributed by atoms with E-state index in [4.69, 9.17) is 0 Å². The summed E-state index contributed by atoms with van der Waals surface area (Å²) in [5, 5.41) is 8.85. The van der Waals surface area contributed by atoms with Gasteiger partial charge < -0.3 is 5.11 Å². The highest BCUT2D eigenvalue weighted by molar-refractivity contribution is 7.86. The van der Waals surface area contributed by atoms with Crippen molar-refractivity contribution in [2.24, 2.45) is 0 Å². The highest BCUT2D eigenvalue weighted by atomic mass is 32.2. The molecule has 0 amide bonds. The van der Waals surface area contributed by atoms with Crippen LogP contribution in [-0.4, -0.2) is 29.4 Å². The second-order valence-electron chi connectivity index (χ2n) is 6.73. The molecule has 0 bridgehead atoms. The van der Waals surface area contributed by atoms with Crippen molar-refractivity contribution in [2.45, 2.75) is 115 Å². The third-order valence-corrected chi connectivity index (χ3v) is 5.80. The minimum atomic E-state index is -4.15. The molecule has 0 heterocycles. The van der Waals surface area contributed by atoms with Gasteiger partial charge in [-0.1, -0.05) is 90.9 Å². The molecular formula is C18H38O4S. The third kappa shape index (κ3) is 12.9. The van der Waals surface area contributed by atoms with Crippen LogP contribution in [0, 0.1) is 0 Å². The van der Waals surface area contributed by atoms with E-state index in [0.717, 1.165) is 19.3 Å². The molecule has 0 aromatic heterocycles. The summed E-state index contributed by atoms with van der Waals surface area (Å²) in [6.07, 6.45) is 13.8. The van der Waals surface area contributed by atoms with Crippen LogP contribution in [0.2, 0.25) is 0 Å². The molecule has 0 saturated heterocycles. The van der Waals surface area contributed by atoms with Crippen LogP contribution in [0.25, 0.3) is 0 Å². The van der Waals surface area contributed by atoms with Gasteiger partial charge in [-0.15, -0.1) is 0 Å². The van der Waals surface area contributed by atoms with E-state index in [2.05, 4.69) is 6.92 Å². The molecule has 0 fully saturated rings. The Morgan fingerprint density at radius 3 is 1.52 bits per heavy atom. The van der Waals surface area contributed by atoms with Crippen molar-refractivity contribution in [3.05, 3.63) is 0 Å². The molecule has 0 aromatic rings. The van der Waals surface area contributed by atoms with E-state index in [1.807, 2.05) is 6.92 Å². The Bertz CT molecular complexity index is 354. The average molecular weight is 351 g/mol. The molecule has 140 valence electrons. The first-order valence-electron chi connectivity index (χ1n) is 9.57. The zero-order valence-electron chi connectivity index (χ0n) is 15.2. The fourth-order valence-electron chi connectivity index (χ4n) is 3.03. The lowest BCUT2D eigenvalue weighted by Gasteiger charge is -2.19. The van der Waals surface area contributed by atoms with Crippen LogP contribution < -0.4 is 0 Å². The van der Waals surface area contributed by atoms with E-state index in [9.17, 15) is 18.1 Å². The van der Waals surface area contributed by atoms with E-state index < -0.39 is 21.5 Å².